The average molecular weight is 328 g/mol. The molecule has 3 atom stereocenters. The summed E-state index contributed by atoms with van der Waals surface area (Å²) in [5.41, 5.74) is 0. The molecule has 0 unspecified atom stereocenters. The Balaban J connectivity index is 1.96. The van der Waals surface area contributed by atoms with Crippen LogP contribution in [0, 0.1) is 5.82 Å². The van der Waals surface area contributed by atoms with Crippen LogP contribution in [-0.4, -0.2) is 63.1 Å². The van der Waals surface area contributed by atoms with Crippen molar-refractivity contribution in [2.75, 3.05) is 27.2 Å². The normalized spacial score (nSPS) is 29.7. The third-order valence-electron chi connectivity index (χ3n) is 4.52. The van der Waals surface area contributed by atoms with Gasteiger partial charge in [0, 0.05) is 13.2 Å². The number of ether oxygens (including phenoxy) is 1. The largest absolute Gasteiger partial charge is 0.375 e. The molecule has 0 N–H and O–H groups in total. The topological polar surface area (TPSA) is 49.9 Å². The monoisotopic (exact) mass is 328 g/mol. The molecule has 2 fully saturated rings. The van der Waals surface area contributed by atoms with Crippen LogP contribution in [-0.2, 0) is 14.8 Å². The van der Waals surface area contributed by atoms with E-state index in [0.29, 0.717) is 13.2 Å². The highest BCUT2D eigenvalue weighted by molar-refractivity contribution is 7.89. The zero-order chi connectivity index (χ0) is 15.9. The second-order valence-corrected chi connectivity index (χ2v) is 8.00. The van der Waals surface area contributed by atoms with Crippen LogP contribution in [0.5, 0.6) is 0 Å². The summed E-state index contributed by atoms with van der Waals surface area (Å²) in [6, 6.07) is 5.05. The molecule has 7 heteroatoms. The zero-order valence-corrected chi connectivity index (χ0v) is 13.6. The van der Waals surface area contributed by atoms with Crippen LogP contribution in [0.4, 0.5) is 4.39 Å². The zero-order valence-electron chi connectivity index (χ0n) is 12.8. The van der Waals surface area contributed by atoms with E-state index >= 15 is 0 Å². The van der Waals surface area contributed by atoms with Crippen molar-refractivity contribution in [3.8, 4) is 0 Å². The van der Waals surface area contributed by atoms with Crippen molar-refractivity contribution in [2.24, 2.45) is 0 Å². The van der Waals surface area contributed by atoms with Gasteiger partial charge in [-0.1, -0.05) is 6.07 Å². The summed E-state index contributed by atoms with van der Waals surface area (Å²) in [4.78, 5) is 2.01. The third-order valence-corrected chi connectivity index (χ3v) is 6.40. The molecule has 0 bridgehead atoms. The first-order chi connectivity index (χ1) is 10.4. The summed E-state index contributed by atoms with van der Waals surface area (Å²) in [5.74, 6) is -0.541. The molecule has 3 rings (SSSR count). The van der Waals surface area contributed by atoms with Gasteiger partial charge < -0.3 is 9.64 Å². The van der Waals surface area contributed by atoms with Gasteiger partial charge >= 0.3 is 0 Å². The summed E-state index contributed by atoms with van der Waals surface area (Å²) >= 11 is 0. The molecule has 0 spiro atoms. The van der Waals surface area contributed by atoms with E-state index in [2.05, 4.69) is 0 Å². The van der Waals surface area contributed by atoms with Gasteiger partial charge in [-0.3, -0.25) is 0 Å². The van der Waals surface area contributed by atoms with Gasteiger partial charge in [0.15, 0.2) is 0 Å². The van der Waals surface area contributed by atoms with E-state index in [-0.39, 0.29) is 23.1 Å². The summed E-state index contributed by atoms with van der Waals surface area (Å²) in [7, 11) is 0.146. The van der Waals surface area contributed by atoms with Crippen LogP contribution in [0.15, 0.2) is 29.2 Å². The second kappa shape index (κ2) is 5.88. The smallest absolute Gasteiger partial charge is 0.243 e. The first kappa shape index (κ1) is 15.9. The van der Waals surface area contributed by atoms with E-state index in [1.165, 1.54) is 22.5 Å². The van der Waals surface area contributed by atoms with Crippen LogP contribution in [0.25, 0.3) is 0 Å². The maximum atomic E-state index is 13.4. The van der Waals surface area contributed by atoms with Gasteiger partial charge in [0.2, 0.25) is 10.0 Å². The fourth-order valence-corrected chi connectivity index (χ4v) is 5.10. The fraction of sp³-hybridized carbons (Fsp3) is 0.600. The first-order valence-corrected chi connectivity index (χ1v) is 8.91. The SMILES string of the molecule is CN(C)[C@@H]1CN(S(=O)(=O)c2cccc(F)c2)[C@@H]2CCCO[C@H]12. The summed E-state index contributed by atoms with van der Waals surface area (Å²) in [6.45, 7) is 1.04. The fourth-order valence-electron chi connectivity index (χ4n) is 3.38. The quantitative estimate of drug-likeness (QED) is 0.839. The Morgan fingerprint density at radius 3 is 2.82 bits per heavy atom. The van der Waals surface area contributed by atoms with Gasteiger partial charge in [-0.25, -0.2) is 12.8 Å². The van der Waals surface area contributed by atoms with Crippen molar-refractivity contribution in [3.63, 3.8) is 0 Å². The molecule has 0 aliphatic carbocycles. The van der Waals surface area contributed by atoms with Crippen molar-refractivity contribution in [1.29, 1.82) is 0 Å². The van der Waals surface area contributed by atoms with Crippen LogP contribution in [0.2, 0.25) is 0 Å². The third kappa shape index (κ3) is 2.67. The van der Waals surface area contributed by atoms with Crippen molar-refractivity contribution in [3.05, 3.63) is 30.1 Å². The Labute approximate surface area is 130 Å². The molecular weight excluding hydrogens is 307 g/mol. The number of hydrogen-bond donors (Lipinski definition) is 0. The summed E-state index contributed by atoms with van der Waals surface area (Å²) in [5, 5.41) is 0. The van der Waals surface area contributed by atoms with Crippen molar-refractivity contribution >= 4 is 10.0 Å². The highest BCUT2D eigenvalue weighted by atomic mass is 32.2. The number of halogens is 1. The highest BCUT2D eigenvalue weighted by Gasteiger charge is 2.49. The maximum absolute atomic E-state index is 13.4. The molecule has 22 heavy (non-hydrogen) atoms. The highest BCUT2D eigenvalue weighted by Crippen LogP contribution is 2.35. The summed E-state index contributed by atoms with van der Waals surface area (Å²) in [6.07, 6.45) is 1.51. The molecule has 5 nitrogen and oxygen atoms in total. The molecular formula is C15H21FN2O3S. The summed E-state index contributed by atoms with van der Waals surface area (Å²) < 4.78 is 46.5. The predicted molar refractivity (Wildman–Crippen MR) is 80.5 cm³/mol. The number of hydrogen-bond acceptors (Lipinski definition) is 4. The van der Waals surface area contributed by atoms with E-state index < -0.39 is 15.8 Å². The minimum Gasteiger partial charge on any atom is -0.375 e. The Morgan fingerprint density at radius 2 is 2.14 bits per heavy atom. The van der Waals surface area contributed by atoms with Crippen LogP contribution in [0.3, 0.4) is 0 Å². The minimum atomic E-state index is -3.71. The molecule has 2 aliphatic rings. The molecule has 2 saturated heterocycles. The van der Waals surface area contributed by atoms with Gasteiger partial charge in [-0.05, 0) is 45.1 Å². The van der Waals surface area contributed by atoms with Gasteiger partial charge in [-0.2, -0.15) is 4.31 Å². The number of benzene rings is 1. The Hall–Kier alpha value is -1.02. The number of rotatable bonds is 3. The van der Waals surface area contributed by atoms with E-state index in [9.17, 15) is 12.8 Å². The Bertz CT molecular complexity index is 650. The lowest BCUT2D eigenvalue weighted by Gasteiger charge is -2.33. The van der Waals surface area contributed by atoms with Crippen molar-refractivity contribution in [2.45, 2.75) is 35.9 Å². The van der Waals surface area contributed by atoms with Gasteiger partial charge in [0.1, 0.15) is 5.82 Å². The lowest BCUT2D eigenvalue weighted by atomic mass is 10.0. The maximum Gasteiger partial charge on any atom is 0.243 e. The van der Waals surface area contributed by atoms with Gasteiger partial charge in [-0.15, -0.1) is 0 Å². The van der Waals surface area contributed by atoms with Gasteiger partial charge in [0.05, 0.1) is 23.1 Å². The lowest BCUT2D eigenvalue weighted by Crippen LogP contribution is -2.45. The molecule has 0 radical (unpaired) electrons. The molecule has 0 amide bonds. The number of nitrogens with zero attached hydrogens (tertiary/aromatic N) is 2. The molecule has 1 aromatic rings. The van der Waals surface area contributed by atoms with Crippen molar-refractivity contribution in [1.82, 2.24) is 9.21 Å². The molecule has 1 aromatic carbocycles. The standard InChI is InChI=1S/C15H21FN2O3S/c1-17(2)14-10-18(13-7-4-8-21-15(13)14)22(19,20)12-6-3-5-11(16)9-12/h3,5-6,9,13-15H,4,7-8,10H2,1-2H3/t13-,14-,15+/m1/s1. The van der Waals surface area contributed by atoms with Crippen LogP contribution < -0.4 is 0 Å². The molecule has 0 aromatic heterocycles. The van der Waals surface area contributed by atoms with E-state index in [4.69, 9.17) is 4.74 Å². The Kier molecular flexibility index (Phi) is 4.24. The first-order valence-electron chi connectivity index (χ1n) is 7.46. The lowest BCUT2D eigenvalue weighted by molar-refractivity contribution is -0.0266. The van der Waals surface area contributed by atoms with E-state index in [1.807, 2.05) is 19.0 Å². The average Bonchev–Trinajstić information content (AvgIpc) is 2.87. The minimum absolute atomic E-state index is 0.0104. The second-order valence-electron chi connectivity index (χ2n) is 6.11. The van der Waals surface area contributed by atoms with E-state index in [1.54, 1.807) is 0 Å². The number of sulfonamides is 1. The number of fused-ring (bicyclic) bond motifs is 1. The van der Waals surface area contributed by atoms with Gasteiger partial charge in [0.25, 0.3) is 0 Å². The van der Waals surface area contributed by atoms with Crippen LogP contribution >= 0.6 is 0 Å². The molecule has 2 heterocycles. The molecule has 2 aliphatic heterocycles. The molecule has 0 saturated carbocycles. The van der Waals surface area contributed by atoms with Crippen LogP contribution in [0.1, 0.15) is 12.8 Å². The van der Waals surface area contributed by atoms with Crippen molar-refractivity contribution < 1.29 is 17.5 Å². The number of likely N-dealkylation sites (N-methyl/N-ethyl adjacent to an activating group) is 1. The molecule has 122 valence electrons. The van der Waals surface area contributed by atoms with E-state index in [0.717, 1.165) is 18.9 Å². The predicted octanol–water partition coefficient (Wildman–Crippen LogP) is 1.31. The Morgan fingerprint density at radius 1 is 1.36 bits per heavy atom.